The van der Waals surface area contributed by atoms with Crippen LogP contribution in [0.2, 0.25) is 0 Å². The van der Waals surface area contributed by atoms with Crippen LogP contribution in [0.4, 0.5) is 0 Å². The van der Waals surface area contributed by atoms with Crippen LogP contribution >= 0.6 is 0 Å². The molecule has 0 radical (unpaired) electrons. The fourth-order valence-electron chi connectivity index (χ4n) is 5.34. The molecule has 1 aliphatic carbocycles. The molecular formula is C37H41N3. The minimum atomic E-state index is 0.958. The Morgan fingerprint density at radius 1 is 0.675 bits per heavy atom. The average molecular weight is 528 g/mol. The van der Waals surface area contributed by atoms with Crippen molar-refractivity contribution in [3.05, 3.63) is 126 Å². The Morgan fingerprint density at radius 3 is 1.80 bits per heavy atom. The average Bonchev–Trinajstić information content (AvgIpc) is 3.28. The second-order valence-electron chi connectivity index (χ2n) is 9.83. The van der Waals surface area contributed by atoms with E-state index in [0.717, 1.165) is 46.0 Å². The molecule has 0 amide bonds. The lowest BCUT2D eigenvalue weighted by molar-refractivity contribution is 0.658. The summed E-state index contributed by atoms with van der Waals surface area (Å²) < 4.78 is 2.39. The van der Waals surface area contributed by atoms with E-state index in [1.54, 1.807) is 6.08 Å². The van der Waals surface area contributed by atoms with Crippen LogP contribution in [0.1, 0.15) is 56.1 Å². The van der Waals surface area contributed by atoms with Gasteiger partial charge in [-0.3, -0.25) is 0 Å². The quantitative estimate of drug-likeness (QED) is 0.218. The number of hydrogen-bond donors (Lipinski definition) is 0. The SMILES string of the molecule is C=CC.CC.Cc1c2c(n(-c3cccc(-c4cc(-c5ccccc5)nc(-c5ccccc5)c4)n3)c1C)CCCC2. The molecule has 40 heavy (non-hydrogen) atoms. The highest BCUT2D eigenvalue weighted by atomic mass is 15.1. The fraction of sp³-hybridized carbons (Fsp3) is 0.243. The number of aromatic nitrogens is 3. The largest absolute Gasteiger partial charge is 0.302 e. The first-order valence-corrected chi connectivity index (χ1v) is 14.5. The third kappa shape index (κ3) is 6.15. The van der Waals surface area contributed by atoms with Crippen LogP contribution < -0.4 is 0 Å². The molecule has 3 heteroatoms. The van der Waals surface area contributed by atoms with Gasteiger partial charge < -0.3 is 4.57 Å². The minimum Gasteiger partial charge on any atom is -0.302 e. The first-order valence-electron chi connectivity index (χ1n) is 14.5. The van der Waals surface area contributed by atoms with Crippen molar-refractivity contribution in [2.75, 3.05) is 0 Å². The Hall–Kier alpha value is -4.24. The minimum absolute atomic E-state index is 0.958. The zero-order valence-corrected chi connectivity index (χ0v) is 24.6. The summed E-state index contributed by atoms with van der Waals surface area (Å²) in [5, 5.41) is 0. The molecule has 0 unspecified atom stereocenters. The van der Waals surface area contributed by atoms with E-state index in [0.29, 0.717) is 0 Å². The summed E-state index contributed by atoms with van der Waals surface area (Å²) in [6.45, 7) is 13.7. The van der Waals surface area contributed by atoms with Crippen molar-refractivity contribution >= 4 is 0 Å². The molecule has 0 fully saturated rings. The number of rotatable bonds is 4. The summed E-state index contributed by atoms with van der Waals surface area (Å²) in [7, 11) is 0. The Labute approximate surface area is 240 Å². The summed E-state index contributed by atoms with van der Waals surface area (Å²) in [5.74, 6) is 1.01. The van der Waals surface area contributed by atoms with Gasteiger partial charge in [0.25, 0.3) is 0 Å². The number of pyridine rings is 2. The molecule has 0 saturated heterocycles. The van der Waals surface area contributed by atoms with Gasteiger partial charge in [-0.05, 0) is 81.8 Å². The highest BCUT2D eigenvalue weighted by Crippen LogP contribution is 2.33. The molecule has 0 saturated carbocycles. The Bertz CT molecular complexity index is 1490. The lowest BCUT2D eigenvalue weighted by Gasteiger charge is -2.17. The van der Waals surface area contributed by atoms with E-state index in [9.17, 15) is 0 Å². The number of benzene rings is 2. The molecule has 1 aliphatic rings. The van der Waals surface area contributed by atoms with Crippen molar-refractivity contribution < 1.29 is 0 Å². The maximum atomic E-state index is 5.20. The smallest absolute Gasteiger partial charge is 0.137 e. The van der Waals surface area contributed by atoms with Crippen LogP contribution in [-0.4, -0.2) is 14.5 Å². The van der Waals surface area contributed by atoms with Gasteiger partial charge in [0, 0.05) is 28.1 Å². The van der Waals surface area contributed by atoms with Crippen molar-refractivity contribution in [2.24, 2.45) is 0 Å². The van der Waals surface area contributed by atoms with Crippen LogP contribution in [0.5, 0.6) is 0 Å². The maximum absolute atomic E-state index is 5.20. The van der Waals surface area contributed by atoms with Crippen molar-refractivity contribution in [3.8, 4) is 39.6 Å². The highest BCUT2D eigenvalue weighted by Gasteiger charge is 2.22. The third-order valence-corrected chi connectivity index (χ3v) is 7.26. The molecule has 0 N–H and O–H groups in total. The van der Waals surface area contributed by atoms with E-state index in [4.69, 9.17) is 9.97 Å². The van der Waals surface area contributed by atoms with E-state index in [2.05, 4.69) is 104 Å². The van der Waals surface area contributed by atoms with Gasteiger partial charge in [0.1, 0.15) is 5.82 Å². The lowest BCUT2D eigenvalue weighted by Crippen LogP contribution is -2.09. The monoisotopic (exact) mass is 527 g/mol. The predicted molar refractivity (Wildman–Crippen MR) is 171 cm³/mol. The van der Waals surface area contributed by atoms with Gasteiger partial charge in [0.15, 0.2) is 0 Å². The van der Waals surface area contributed by atoms with Crippen molar-refractivity contribution in [3.63, 3.8) is 0 Å². The van der Waals surface area contributed by atoms with E-state index in [1.165, 1.54) is 41.8 Å². The first-order chi connectivity index (χ1) is 19.6. The fourth-order valence-corrected chi connectivity index (χ4v) is 5.34. The van der Waals surface area contributed by atoms with Gasteiger partial charge in [-0.1, -0.05) is 86.7 Å². The summed E-state index contributed by atoms with van der Waals surface area (Å²) in [5.41, 5.74) is 11.9. The zero-order valence-electron chi connectivity index (χ0n) is 24.6. The zero-order chi connectivity index (χ0) is 28.5. The van der Waals surface area contributed by atoms with E-state index >= 15 is 0 Å². The first kappa shape index (κ1) is 28.8. The van der Waals surface area contributed by atoms with E-state index in [1.807, 2.05) is 32.9 Å². The van der Waals surface area contributed by atoms with Gasteiger partial charge in [-0.15, -0.1) is 6.58 Å². The number of fused-ring (bicyclic) bond motifs is 1. The highest BCUT2D eigenvalue weighted by molar-refractivity contribution is 5.75. The molecule has 3 nitrogen and oxygen atoms in total. The second-order valence-corrected chi connectivity index (χ2v) is 9.83. The Morgan fingerprint density at radius 2 is 1.23 bits per heavy atom. The van der Waals surface area contributed by atoms with Crippen LogP contribution in [0.25, 0.3) is 39.6 Å². The molecule has 204 valence electrons. The normalized spacial score (nSPS) is 11.8. The standard InChI is InChI=1S/C32H29N3.C3H6.C2H6/c1-22-23(2)35(31-18-10-9-16-27(22)31)32-19-11-17-28(34-32)26-20-29(24-12-5-3-6-13-24)33-30(21-26)25-14-7-4-8-15-25;1-3-2;1-2/h3-8,11-15,17,19-21H,9-10,16,18H2,1-2H3;3H,1H2,2H3;1-2H3. The predicted octanol–water partition coefficient (Wildman–Crippen LogP) is 9.98. The van der Waals surface area contributed by atoms with Crippen molar-refractivity contribution in [1.82, 2.24) is 14.5 Å². The van der Waals surface area contributed by atoms with Gasteiger partial charge in [-0.25, -0.2) is 9.97 Å². The third-order valence-electron chi connectivity index (χ3n) is 7.26. The molecular weight excluding hydrogens is 486 g/mol. The van der Waals surface area contributed by atoms with Gasteiger partial charge in [-0.2, -0.15) is 0 Å². The molecule has 0 atom stereocenters. The van der Waals surface area contributed by atoms with Crippen molar-refractivity contribution in [2.45, 2.75) is 60.3 Å². The summed E-state index contributed by atoms with van der Waals surface area (Å²) >= 11 is 0. The molecule has 6 rings (SSSR count). The molecule has 3 heterocycles. The van der Waals surface area contributed by atoms with Gasteiger partial charge in [0.2, 0.25) is 0 Å². The summed E-state index contributed by atoms with van der Waals surface area (Å²) in [6, 6.07) is 31.5. The molecule has 0 spiro atoms. The van der Waals surface area contributed by atoms with E-state index < -0.39 is 0 Å². The van der Waals surface area contributed by atoms with Crippen molar-refractivity contribution in [1.29, 1.82) is 0 Å². The molecule has 2 aromatic carbocycles. The number of hydrogen-bond acceptors (Lipinski definition) is 2. The molecule has 0 bridgehead atoms. The van der Waals surface area contributed by atoms with Crippen LogP contribution in [0.3, 0.4) is 0 Å². The second kappa shape index (κ2) is 13.7. The number of nitrogens with zero attached hydrogens (tertiary/aromatic N) is 3. The molecule has 5 aromatic rings. The lowest BCUT2D eigenvalue weighted by atomic mass is 9.95. The van der Waals surface area contributed by atoms with E-state index in [-0.39, 0.29) is 0 Å². The van der Waals surface area contributed by atoms with Crippen LogP contribution in [0.15, 0.2) is 104 Å². The maximum Gasteiger partial charge on any atom is 0.137 e. The van der Waals surface area contributed by atoms with Gasteiger partial charge in [0.05, 0.1) is 17.1 Å². The summed E-state index contributed by atoms with van der Waals surface area (Å²) in [4.78, 5) is 10.2. The Kier molecular flexibility index (Phi) is 9.86. The number of allylic oxidation sites excluding steroid dienone is 1. The Balaban J connectivity index is 0.000000695. The molecule has 0 aliphatic heterocycles. The van der Waals surface area contributed by atoms with Crippen LogP contribution in [-0.2, 0) is 12.8 Å². The molecule has 3 aromatic heterocycles. The van der Waals surface area contributed by atoms with Gasteiger partial charge >= 0.3 is 0 Å². The summed E-state index contributed by atoms with van der Waals surface area (Å²) in [6.07, 6.45) is 6.59. The van der Waals surface area contributed by atoms with Crippen LogP contribution in [0, 0.1) is 13.8 Å². The topological polar surface area (TPSA) is 30.7 Å².